The van der Waals surface area contributed by atoms with E-state index in [2.05, 4.69) is 5.32 Å². The third kappa shape index (κ3) is 5.06. The van der Waals surface area contributed by atoms with Crippen molar-refractivity contribution in [1.29, 1.82) is 0 Å². The number of carbonyl (C=O) groups excluding carboxylic acids is 1. The van der Waals surface area contributed by atoms with Gasteiger partial charge >= 0.3 is 12.0 Å². The minimum atomic E-state index is -3.10. The first-order valence-corrected chi connectivity index (χ1v) is 8.14. The van der Waals surface area contributed by atoms with Crippen LogP contribution in [0.3, 0.4) is 0 Å². The van der Waals surface area contributed by atoms with Crippen molar-refractivity contribution < 1.29 is 23.1 Å². The third-order valence-electron chi connectivity index (χ3n) is 3.18. The van der Waals surface area contributed by atoms with Gasteiger partial charge in [-0.1, -0.05) is 6.92 Å². The summed E-state index contributed by atoms with van der Waals surface area (Å²) in [5.74, 6) is -0.973. The maximum Gasteiger partial charge on any atom is 0.317 e. The Kier molecular flexibility index (Phi) is 5.59. The molecule has 19 heavy (non-hydrogen) atoms. The second-order valence-electron chi connectivity index (χ2n) is 4.56. The van der Waals surface area contributed by atoms with Crippen LogP contribution in [0.25, 0.3) is 0 Å². The van der Waals surface area contributed by atoms with Gasteiger partial charge in [0.05, 0.1) is 12.2 Å². The zero-order valence-corrected chi connectivity index (χ0v) is 11.8. The van der Waals surface area contributed by atoms with E-state index in [0.29, 0.717) is 13.0 Å². The molecule has 1 aliphatic heterocycles. The second-order valence-corrected chi connectivity index (χ2v) is 7.03. The van der Waals surface area contributed by atoms with E-state index in [4.69, 9.17) is 5.11 Å². The fourth-order valence-electron chi connectivity index (χ4n) is 2.08. The summed E-state index contributed by atoms with van der Waals surface area (Å²) in [6, 6.07) is -0.671. The number of carboxylic acid groups (broad SMARTS) is 1. The molecule has 1 heterocycles. The molecular weight excluding hydrogens is 272 g/mol. The number of urea groups is 1. The molecule has 1 saturated heterocycles. The highest BCUT2D eigenvalue weighted by Gasteiger charge is 2.30. The number of amides is 2. The fourth-order valence-corrected chi connectivity index (χ4v) is 2.78. The molecule has 0 aromatic rings. The van der Waals surface area contributed by atoms with Crippen LogP contribution in [-0.4, -0.2) is 61.1 Å². The molecule has 1 rings (SSSR count). The predicted molar refractivity (Wildman–Crippen MR) is 69.7 cm³/mol. The zero-order valence-electron chi connectivity index (χ0n) is 11.0. The average molecular weight is 292 g/mol. The topological polar surface area (TPSA) is 104 Å². The van der Waals surface area contributed by atoms with Gasteiger partial charge < -0.3 is 15.3 Å². The van der Waals surface area contributed by atoms with Crippen molar-refractivity contribution in [2.24, 2.45) is 0 Å². The van der Waals surface area contributed by atoms with E-state index < -0.39 is 15.8 Å². The molecule has 0 radical (unpaired) electrons. The van der Waals surface area contributed by atoms with Gasteiger partial charge in [-0.05, 0) is 12.8 Å². The number of aliphatic carboxylic acids is 1. The summed E-state index contributed by atoms with van der Waals surface area (Å²) in [6.45, 7) is 2.14. The summed E-state index contributed by atoms with van der Waals surface area (Å²) in [6.07, 6.45) is 1.38. The fraction of sp³-hybridized carbons (Fsp3) is 0.818. The van der Waals surface area contributed by atoms with E-state index in [-0.39, 0.29) is 36.5 Å². The zero-order chi connectivity index (χ0) is 14.5. The van der Waals surface area contributed by atoms with Crippen LogP contribution < -0.4 is 5.32 Å². The van der Waals surface area contributed by atoms with Crippen LogP contribution in [0.1, 0.15) is 26.2 Å². The van der Waals surface area contributed by atoms with Gasteiger partial charge in [-0.25, -0.2) is 13.2 Å². The lowest BCUT2D eigenvalue weighted by atomic mass is 10.1. The van der Waals surface area contributed by atoms with Gasteiger partial charge in [-0.15, -0.1) is 0 Å². The molecular formula is C11H20N2O5S. The van der Waals surface area contributed by atoms with Crippen molar-refractivity contribution in [3.8, 4) is 0 Å². The van der Waals surface area contributed by atoms with Crippen molar-refractivity contribution in [3.63, 3.8) is 0 Å². The summed E-state index contributed by atoms with van der Waals surface area (Å²) in [5, 5.41) is 11.3. The van der Waals surface area contributed by atoms with Gasteiger partial charge in [0.1, 0.15) is 0 Å². The average Bonchev–Trinajstić information content (AvgIpc) is 2.76. The molecule has 0 aromatic heterocycles. The molecule has 2 amide bonds. The number of carbonyl (C=O) groups is 2. The number of nitrogens with one attached hydrogen (secondary N) is 1. The highest BCUT2D eigenvalue weighted by Crippen LogP contribution is 2.19. The number of rotatable bonds is 6. The lowest BCUT2D eigenvalue weighted by molar-refractivity contribution is -0.137. The molecule has 0 aliphatic carbocycles. The lowest BCUT2D eigenvalue weighted by Crippen LogP contribution is -2.44. The first kappa shape index (κ1) is 15.7. The molecule has 0 spiro atoms. The molecule has 0 bridgehead atoms. The molecule has 1 atom stereocenters. The summed E-state index contributed by atoms with van der Waals surface area (Å²) in [7, 11) is -3.10. The van der Waals surface area contributed by atoms with Gasteiger partial charge in [0.15, 0.2) is 9.84 Å². The van der Waals surface area contributed by atoms with Gasteiger partial charge in [-0.3, -0.25) is 4.79 Å². The number of nitrogens with zero attached hydrogens (tertiary/aromatic N) is 1. The maximum absolute atomic E-state index is 11.8. The minimum absolute atomic E-state index is 0.0498. The number of hydrogen-bond acceptors (Lipinski definition) is 4. The van der Waals surface area contributed by atoms with Crippen molar-refractivity contribution in [3.05, 3.63) is 0 Å². The van der Waals surface area contributed by atoms with Crippen molar-refractivity contribution in [2.75, 3.05) is 24.6 Å². The summed E-state index contributed by atoms with van der Waals surface area (Å²) < 4.78 is 22.5. The highest BCUT2D eigenvalue weighted by atomic mass is 32.2. The Bertz CT molecular complexity index is 434. The summed E-state index contributed by atoms with van der Waals surface area (Å²) >= 11 is 0. The summed E-state index contributed by atoms with van der Waals surface area (Å²) in [4.78, 5) is 24.0. The lowest BCUT2D eigenvalue weighted by Gasteiger charge is -2.23. The van der Waals surface area contributed by atoms with Crippen molar-refractivity contribution in [2.45, 2.75) is 32.2 Å². The van der Waals surface area contributed by atoms with E-state index in [1.54, 1.807) is 6.92 Å². The number of carboxylic acids is 1. The molecule has 2 N–H and O–H groups in total. The van der Waals surface area contributed by atoms with Gasteiger partial charge in [0, 0.05) is 24.9 Å². The molecule has 110 valence electrons. The molecule has 7 nitrogen and oxygen atoms in total. The Hall–Kier alpha value is -1.31. The first-order chi connectivity index (χ1) is 8.85. The van der Waals surface area contributed by atoms with Crippen LogP contribution in [0.4, 0.5) is 4.79 Å². The Morgan fingerprint density at radius 2 is 2.11 bits per heavy atom. The molecule has 1 aliphatic rings. The van der Waals surface area contributed by atoms with Gasteiger partial charge in [-0.2, -0.15) is 0 Å². The van der Waals surface area contributed by atoms with E-state index in [9.17, 15) is 18.0 Å². The standard InChI is InChI=1S/C11H20N2O5S/c1-2-19(17,18)7-5-12-11(16)13-6-3-4-9(13)8-10(14)15/h9H,2-8H2,1H3,(H,12,16)(H,14,15). The minimum Gasteiger partial charge on any atom is -0.481 e. The van der Waals surface area contributed by atoms with Crippen LogP contribution in [0.2, 0.25) is 0 Å². The Morgan fingerprint density at radius 3 is 2.68 bits per heavy atom. The molecule has 0 aromatic carbocycles. The van der Waals surface area contributed by atoms with E-state index >= 15 is 0 Å². The molecule has 0 saturated carbocycles. The first-order valence-electron chi connectivity index (χ1n) is 6.32. The SMILES string of the molecule is CCS(=O)(=O)CCNC(=O)N1CCCC1CC(=O)O. The number of likely N-dealkylation sites (tertiary alicyclic amines) is 1. The largest absolute Gasteiger partial charge is 0.481 e. The Morgan fingerprint density at radius 1 is 1.42 bits per heavy atom. The van der Waals surface area contributed by atoms with Gasteiger partial charge in [0.2, 0.25) is 0 Å². The van der Waals surface area contributed by atoms with Gasteiger partial charge in [0.25, 0.3) is 0 Å². The second kappa shape index (κ2) is 6.74. The predicted octanol–water partition coefficient (Wildman–Crippen LogP) is 0.0698. The van der Waals surface area contributed by atoms with Crippen LogP contribution >= 0.6 is 0 Å². The molecule has 1 unspecified atom stereocenters. The van der Waals surface area contributed by atoms with Crippen LogP contribution in [0.5, 0.6) is 0 Å². The third-order valence-corrected chi connectivity index (χ3v) is 4.88. The smallest absolute Gasteiger partial charge is 0.317 e. The monoisotopic (exact) mass is 292 g/mol. The van der Waals surface area contributed by atoms with E-state index in [1.165, 1.54) is 4.90 Å². The Labute approximate surface area is 112 Å². The van der Waals surface area contributed by atoms with Crippen LogP contribution in [0.15, 0.2) is 0 Å². The highest BCUT2D eigenvalue weighted by molar-refractivity contribution is 7.91. The van der Waals surface area contributed by atoms with E-state index in [0.717, 1.165) is 6.42 Å². The summed E-state index contributed by atoms with van der Waals surface area (Å²) in [5.41, 5.74) is 0. The molecule has 8 heteroatoms. The van der Waals surface area contributed by atoms with E-state index in [1.807, 2.05) is 0 Å². The normalized spacial score (nSPS) is 19.4. The quantitative estimate of drug-likeness (QED) is 0.721. The Balaban J connectivity index is 2.42. The van der Waals surface area contributed by atoms with Crippen LogP contribution in [-0.2, 0) is 14.6 Å². The molecule has 1 fully saturated rings. The van der Waals surface area contributed by atoms with Crippen molar-refractivity contribution in [1.82, 2.24) is 10.2 Å². The van der Waals surface area contributed by atoms with Crippen LogP contribution in [0, 0.1) is 0 Å². The van der Waals surface area contributed by atoms with Crippen molar-refractivity contribution >= 4 is 21.8 Å². The number of hydrogen-bond donors (Lipinski definition) is 2. The maximum atomic E-state index is 11.8. The number of sulfone groups is 1.